The number of pyridine rings is 1. The van der Waals surface area contributed by atoms with E-state index in [1.165, 1.54) is 6.20 Å². The maximum Gasteiger partial charge on any atom is 0.190 e. The van der Waals surface area contributed by atoms with Gasteiger partial charge in [-0.25, -0.2) is 9.97 Å². The monoisotopic (exact) mass is 137 g/mol. The molecule has 50 valence electrons. The van der Waals surface area contributed by atoms with Crippen molar-refractivity contribution >= 4 is 11.2 Å². The fraction of sp³-hybridized carbons (Fsp3) is 0. The third-order valence-electron chi connectivity index (χ3n) is 1.27. The molecule has 10 heavy (non-hydrogen) atoms. The predicted octanol–water partition coefficient (Wildman–Crippen LogP) is 1.16. The molecule has 2 heterocycles. The Kier molecular flexibility index (Phi) is 0.943. The highest BCUT2D eigenvalue weighted by Crippen LogP contribution is 2.06. The van der Waals surface area contributed by atoms with Gasteiger partial charge in [-0.2, -0.15) is 0 Å². The fourth-order valence-corrected chi connectivity index (χ4v) is 0.821. The second-order valence-electron chi connectivity index (χ2n) is 1.90. The summed E-state index contributed by atoms with van der Waals surface area (Å²) in [4.78, 5) is 7.91. The first-order chi connectivity index (χ1) is 4.88. The van der Waals surface area contributed by atoms with Gasteiger partial charge in [-0.05, 0) is 12.1 Å². The molecule has 0 amide bonds. The number of hydrogen-bond acceptors (Lipinski definition) is 2. The fourth-order valence-electron chi connectivity index (χ4n) is 0.821. The van der Waals surface area contributed by atoms with Gasteiger partial charge in [-0.3, -0.25) is 0 Å². The zero-order valence-corrected chi connectivity index (χ0v) is 5.03. The van der Waals surface area contributed by atoms with Crippen molar-refractivity contribution in [3.05, 3.63) is 24.7 Å². The SMILES string of the molecule is Fn1cnc2cccnc21. The molecule has 2 aromatic rings. The Hall–Kier alpha value is -1.45. The molecule has 0 radical (unpaired) electrons. The van der Waals surface area contributed by atoms with Gasteiger partial charge in [0.05, 0.1) is 0 Å². The van der Waals surface area contributed by atoms with Gasteiger partial charge in [0.25, 0.3) is 0 Å². The van der Waals surface area contributed by atoms with E-state index >= 15 is 0 Å². The molecule has 3 nitrogen and oxygen atoms in total. The van der Waals surface area contributed by atoms with E-state index in [4.69, 9.17) is 0 Å². The normalized spacial score (nSPS) is 10.5. The van der Waals surface area contributed by atoms with Crippen molar-refractivity contribution in [2.75, 3.05) is 0 Å². The van der Waals surface area contributed by atoms with Gasteiger partial charge in [0.15, 0.2) is 5.65 Å². The molecular formula is C6H4FN3. The summed E-state index contributed by atoms with van der Waals surface area (Å²) in [6.07, 6.45) is 2.62. The van der Waals surface area contributed by atoms with E-state index in [0.29, 0.717) is 10.3 Å². The van der Waals surface area contributed by atoms with Crippen LogP contribution in [0.2, 0.25) is 0 Å². The maximum atomic E-state index is 12.5. The van der Waals surface area contributed by atoms with E-state index in [9.17, 15) is 4.48 Å². The number of nitrogens with zero attached hydrogens (tertiary/aromatic N) is 3. The molecule has 0 aromatic carbocycles. The average molecular weight is 137 g/mol. The molecule has 2 rings (SSSR count). The average Bonchev–Trinajstić information content (AvgIpc) is 2.34. The van der Waals surface area contributed by atoms with Gasteiger partial charge in [0.1, 0.15) is 11.8 Å². The topological polar surface area (TPSA) is 30.7 Å². The Bertz CT molecular complexity index is 355. The lowest BCUT2D eigenvalue weighted by atomic mass is 10.4. The summed E-state index contributed by atoms with van der Waals surface area (Å²) >= 11 is 0. The molecule has 0 aliphatic heterocycles. The van der Waals surface area contributed by atoms with Gasteiger partial charge in [0, 0.05) is 6.20 Å². The van der Waals surface area contributed by atoms with E-state index in [1.54, 1.807) is 12.1 Å². The molecule has 2 aromatic heterocycles. The molecule has 0 unspecified atom stereocenters. The number of halogens is 1. The van der Waals surface area contributed by atoms with Crippen molar-refractivity contribution in [3.8, 4) is 0 Å². The number of imidazole rings is 1. The minimum atomic E-state index is 0.266. The zero-order chi connectivity index (χ0) is 6.97. The van der Waals surface area contributed by atoms with Crippen LogP contribution in [0.5, 0.6) is 0 Å². The van der Waals surface area contributed by atoms with Crippen LogP contribution in [0.25, 0.3) is 11.2 Å². The maximum absolute atomic E-state index is 12.5. The number of hydrogen-bond donors (Lipinski definition) is 0. The molecule has 4 heteroatoms. The molecule has 0 spiro atoms. The molecule has 0 N–H and O–H groups in total. The van der Waals surface area contributed by atoms with E-state index in [0.717, 1.165) is 6.33 Å². The van der Waals surface area contributed by atoms with Gasteiger partial charge in [-0.1, -0.05) is 4.48 Å². The zero-order valence-electron chi connectivity index (χ0n) is 5.03. The standard InChI is InChI=1S/C6H4FN3/c7-10-4-9-5-2-1-3-8-6(5)10/h1-4H. The van der Waals surface area contributed by atoms with E-state index in [2.05, 4.69) is 9.97 Å². The first-order valence-corrected chi connectivity index (χ1v) is 2.82. The molecular weight excluding hydrogens is 133 g/mol. The van der Waals surface area contributed by atoms with Crippen LogP contribution in [-0.4, -0.2) is 14.8 Å². The second-order valence-corrected chi connectivity index (χ2v) is 1.90. The van der Waals surface area contributed by atoms with Crippen LogP contribution in [0.4, 0.5) is 4.48 Å². The van der Waals surface area contributed by atoms with Crippen LogP contribution in [0.1, 0.15) is 0 Å². The lowest BCUT2D eigenvalue weighted by molar-refractivity contribution is 0.381. The highest BCUT2D eigenvalue weighted by atomic mass is 19.2. The predicted molar refractivity (Wildman–Crippen MR) is 34.0 cm³/mol. The van der Waals surface area contributed by atoms with Crippen molar-refractivity contribution in [3.63, 3.8) is 0 Å². The van der Waals surface area contributed by atoms with Gasteiger partial charge < -0.3 is 0 Å². The van der Waals surface area contributed by atoms with E-state index in [1.807, 2.05) is 0 Å². The Balaban J connectivity index is 2.93. The van der Waals surface area contributed by atoms with Gasteiger partial charge in [-0.15, -0.1) is 4.79 Å². The van der Waals surface area contributed by atoms with Crippen LogP contribution in [0, 0.1) is 0 Å². The largest absolute Gasteiger partial charge is 0.235 e. The first kappa shape index (κ1) is 5.34. The van der Waals surface area contributed by atoms with Gasteiger partial charge >= 0.3 is 0 Å². The summed E-state index contributed by atoms with van der Waals surface area (Å²) in [6.45, 7) is 0. The molecule has 0 atom stereocenters. The van der Waals surface area contributed by atoms with Crippen LogP contribution >= 0.6 is 0 Å². The Morgan fingerprint density at radius 1 is 1.40 bits per heavy atom. The second kappa shape index (κ2) is 1.76. The number of rotatable bonds is 0. The number of fused-ring (bicyclic) bond motifs is 1. The first-order valence-electron chi connectivity index (χ1n) is 2.82. The Morgan fingerprint density at radius 2 is 2.30 bits per heavy atom. The summed E-state index contributed by atoms with van der Waals surface area (Å²) in [6, 6.07) is 3.42. The Morgan fingerprint density at radius 3 is 3.10 bits per heavy atom. The summed E-state index contributed by atoms with van der Waals surface area (Å²) in [5.41, 5.74) is 0.840. The summed E-state index contributed by atoms with van der Waals surface area (Å²) in [5.74, 6) is 0. The van der Waals surface area contributed by atoms with Gasteiger partial charge in [0.2, 0.25) is 0 Å². The summed E-state index contributed by atoms with van der Waals surface area (Å²) in [5, 5.41) is 0. The highest BCUT2D eigenvalue weighted by Gasteiger charge is 1.98. The van der Waals surface area contributed by atoms with Crippen molar-refractivity contribution in [1.29, 1.82) is 0 Å². The third kappa shape index (κ3) is 0.586. The molecule has 0 fully saturated rings. The minimum Gasteiger partial charge on any atom is -0.235 e. The van der Waals surface area contributed by atoms with E-state index < -0.39 is 0 Å². The van der Waals surface area contributed by atoms with E-state index in [-0.39, 0.29) is 5.65 Å². The third-order valence-corrected chi connectivity index (χ3v) is 1.27. The molecule has 0 aliphatic rings. The lowest BCUT2D eigenvalue weighted by Crippen LogP contribution is -1.80. The molecule has 0 bridgehead atoms. The molecule has 0 saturated heterocycles. The minimum absolute atomic E-state index is 0.266. The van der Waals surface area contributed by atoms with Crippen molar-refractivity contribution in [2.45, 2.75) is 0 Å². The summed E-state index contributed by atoms with van der Waals surface area (Å²) in [7, 11) is 0. The molecule has 0 aliphatic carbocycles. The van der Waals surface area contributed by atoms with Crippen molar-refractivity contribution in [2.24, 2.45) is 0 Å². The summed E-state index contributed by atoms with van der Waals surface area (Å²) < 4.78 is 12.5. The van der Waals surface area contributed by atoms with Crippen molar-refractivity contribution in [1.82, 2.24) is 14.8 Å². The smallest absolute Gasteiger partial charge is 0.190 e. The molecule has 0 saturated carbocycles. The number of aromatic nitrogens is 3. The van der Waals surface area contributed by atoms with Crippen molar-refractivity contribution < 1.29 is 4.48 Å². The van der Waals surface area contributed by atoms with Crippen LogP contribution in [0.15, 0.2) is 24.7 Å². The van der Waals surface area contributed by atoms with Crippen LogP contribution in [0.3, 0.4) is 0 Å². The lowest BCUT2D eigenvalue weighted by Gasteiger charge is -1.84. The quantitative estimate of drug-likeness (QED) is 0.545. The highest BCUT2D eigenvalue weighted by molar-refractivity contribution is 5.69. The Labute approximate surface area is 56.1 Å². The van der Waals surface area contributed by atoms with Crippen LogP contribution < -0.4 is 0 Å². The van der Waals surface area contributed by atoms with Crippen LogP contribution in [-0.2, 0) is 0 Å².